The van der Waals surface area contributed by atoms with Crippen molar-refractivity contribution >= 4 is 23.5 Å². The molecule has 1 aromatic carbocycles. The molecule has 6 heteroatoms. The van der Waals surface area contributed by atoms with Crippen LogP contribution >= 0.6 is 11.6 Å². The van der Waals surface area contributed by atoms with Gasteiger partial charge in [-0.3, -0.25) is 9.59 Å². The first kappa shape index (κ1) is 17.2. The third-order valence-electron chi connectivity index (χ3n) is 5.28. The average molecular weight is 352 g/mol. The van der Waals surface area contributed by atoms with E-state index in [0.717, 1.165) is 5.56 Å². The molecule has 1 aliphatic heterocycles. The second kappa shape index (κ2) is 7.11. The van der Waals surface area contributed by atoms with E-state index in [1.165, 1.54) is 0 Å². The molecule has 1 heterocycles. The van der Waals surface area contributed by atoms with Crippen molar-refractivity contribution in [2.45, 2.75) is 43.6 Å². The van der Waals surface area contributed by atoms with Gasteiger partial charge in [0.2, 0.25) is 5.91 Å². The van der Waals surface area contributed by atoms with Crippen LogP contribution in [0.2, 0.25) is 5.02 Å². The first-order valence-corrected chi connectivity index (χ1v) is 8.76. The summed E-state index contributed by atoms with van der Waals surface area (Å²) in [6.45, 7) is 1.06. The smallest absolute Gasteiger partial charge is 0.306 e. The molecule has 1 amide bonds. The van der Waals surface area contributed by atoms with E-state index in [1.54, 1.807) is 6.07 Å². The van der Waals surface area contributed by atoms with Crippen molar-refractivity contribution in [1.82, 2.24) is 5.32 Å². The predicted octanol–water partition coefficient (Wildman–Crippen LogP) is 2.76. The maximum absolute atomic E-state index is 13.1. The van der Waals surface area contributed by atoms with Crippen molar-refractivity contribution in [1.29, 1.82) is 0 Å². The first-order chi connectivity index (χ1) is 11.5. The lowest BCUT2D eigenvalue weighted by atomic mass is 9.73. The summed E-state index contributed by atoms with van der Waals surface area (Å²) in [6, 6.07) is 7.37. The highest BCUT2D eigenvalue weighted by atomic mass is 35.5. The van der Waals surface area contributed by atoms with Gasteiger partial charge in [0, 0.05) is 24.3 Å². The molecule has 2 N–H and O–H groups in total. The Labute approximate surface area is 146 Å². The molecule has 1 saturated heterocycles. The van der Waals surface area contributed by atoms with Crippen LogP contribution in [-0.2, 0) is 19.7 Å². The van der Waals surface area contributed by atoms with Gasteiger partial charge in [-0.2, -0.15) is 0 Å². The Hall–Kier alpha value is -1.59. The van der Waals surface area contributed by atoms with Crippen molar-refractivity contribution in [3.63, 3.8) is 0 Å². The molecule has 0 bridgehead atoms. The highest BCUT2D eigenvalue weighted by Gasteiger charge is 2.43. The first-order valence-electron chi connectivity index (χ1n) is 8.39. The molecular weight excluding hydrogens is 330 g/mol. The molecule has 130 valence electrons. The number of ether oxygens (including phenoxy) is 1. The van der Waals surface area contributed by atoms with Gasteiger partial charge in [0.1, 0.15) is 0 Å². The monoisotopic (exact) mass is 351 g/mol. The van der Waals surface area contributed by atoms with Crippen LogP contribution in [0.25, 0.3) is 0 Å². The summed E-state index contributed by atoms with van der Waals surface area (Å²) in [5.41, 5.74) is 0.258. The highest BCUT2D eigenvalue weighted by molar-refractivity contribution is 6.30. The molecule has 2 aliphatic rings. The van der Waals surface area contributed by atoms with Crippen molar-refractivity contribution in [3.8, 4) is 0 Å². The Morgan fingerprint density at radius 3 is 2.62 bits per heavy atom. The molecule has 0 unspecified atom stereocenters. The Kier molecular flexibility index (Phi) is 5.11. The number of carbonyl (C=O) groups excluding carboxylic acids is 1. The lowest BCUT2D eigenvalue weighted by molar-refractivity contribution is -0.141. The van der Waals surface area contributed by atoms with Gasteiger partial charge in [-0.1, -0.05) is 23.7 Å². The minimum Gasteiger partial charge on any atom is -0.481 e. The minimum absolute atomic E-state index is 0.0379. The van der Waals surface area contributed by atoms with Gasteiger partial charge in [0.15, 0.2) is 0 Å². The molecule has 0 aromatic heterocycles. The number of rotatable bonds is 4. The van der Waals surface area contributed by atoms with Crippen LogP contribution in [0.5, 0.6) is 0 Å². The van der Waals surface area contributed by atoms with E-state index in [-0.39, 0.29) is 17.9 Å². The van der Waals surface area contributed by atoms with Gasteiger partial charge in [-0.25, -0.2) is 0 Å². The highest BCUT2D eigenvalue weighted by Crippen LogP contribution is 2.37. The lowest BCUT2D eigenvalue weighted by Gasteiger charge is -2.37. The van der Waals surface area contributed by atoms with Gasteiger partial charge in [-0.05, 0) is 49.8 Å². The fourth-order valence-corrected chi connectivity index (χ4v) is 4.00. The van der Waals surface area contributed by atoms with E-state index in [4.69, 9.17) is 21.4 Å². The van der Waals surface area contributed by atoms with E-state index in [0.29, 0.717) is 50.3 Å². The average Bonchev–Trinajstić information content (AvgIpc) is 3.04. The molecule has 1 aliphatic carbocycles. The summed E-state index contributed by atoms with van der Waals surface area (Å²) in [6.07, 6.45) is 3.05. The Morgan fingerprint density at radius 1 is 1.25 bits per heavy atom. The lowest BCUT2D eigenvalue weighted by Crippen LogP contribution is -2.50. The maximum Gasteiger partial charge on any atom is 0.306 e. The van der Waals surface area contributed by atoms with Crippen molar-refractivity contribution in [3.05, 3.63) is 34.9 Å². The number of hydrogen-bond donors (Lipinski definition) is 2. The van der Waals surface area contributed by atoms with Gasteiger partial charge in [0.25, 0.3) is 0 Å². The van der Waals surface area contributed by atoms with Gasteiger partial charge in [-0.15, -0.1) is 0 Å². The summed E-state index contributed by atoms with van der Waals surface area (Å²) in [7, 11) is 0. The van der Waals surface area contributed by atoms with Crippen LogP contribution < -0.4 is 5.32 Å². The largest absolute Gasteiger partial charge is 0.481 e. The zero-order valence-corrected chi connectivity index (χ0v) is 14.2. The molecule has 0 spiro atoms. The molecular formula is C18H22ClNO4. The molecule has 1 aromatic rings. The maximum atomic E-state index is 13.1. The number of carboxylic acids is 1. The van der Waals surface area contributed by atoms with E-state index in [9.17, 15) is 9.59 Å². The van der Waals surface area contributed by atoms with Crippen LogP contribution in [-0.4, -0.2) is 36.2 Å². The fourth-order valence-electron chi connectivity index (χ4n) is 3.81. The van der Waals surface area contributed by atoms with Crippen molar-refractivity contribution in [2.75, 3.05) is 13.2 Å². The molecule has 3 rings (SSSR count). The van der Waals surface area contributed by atoms with Crippen LogP contribution in [0, 0.1) is 5.92 Å². The number of carbonyl (C=O) groups is 2. The van der Waals surface area contributed by atoms with Gasteiger partial charge < -0.3 is 15.2 Å². The minimum atomic E-state index is -0.776. The fraction of sp³-hybridized carbons (Fsp3) is 0.556. The molecule has 24 heavy (non-hydrogen) atoms. The number of nitrogens with one attached hydrogen (secondary N) is 1. The van der Waals surface area contributed by atoms with Crippen molar-refractivity contribution < 1.29 is 19.4 Å². The van der Waals surface area contributed by atoms with Gasteiger partial charge in [0.05, 0.1) is 11.3 Å². The predicted molar refractivity (Wildman–Crippen MR) is 90.1 cm³/mol. The number of hydrogen-bond acceptors (Lipinski definition) is 3. The molecule has 2 atom stereocenters. The van der Waals surface area contributed by atoms with E-state index in [1.807, 2.05) is 18.2 Å². The van der Waals surface area contributed by atoms with Gasteiger partial charge >= 0.3 is 5.97 Å². The number of halogens is 1. The van der Waals surface area contributed by atoms with E-state index < -0.39 is 11.4 Å². The Balaban J connectivity index is 1.79. The molecule has 2 fully saturated rings. The standard InChI is InChI=1S/C18H22ClNO4/c19-14-3-1-2-13(11-14)18(6-8-24-9-7-18)17(23)20-15-5-4-12(10-15)16(21)22/h1-3,11-12,15H,4-10H2,(H,20,23)(H,21,22)/t12-,15+/m1/s1. The summed E-state index contributed by atoms with van der Waals surface area (Å²) < 4.78 is 5.45. The molecule has 1 saturated carbocycles. The summed E-state index contributed by atoms with van der Waals surface area (Å²) >= 11 is 6.13. The topological polar surface area (TPSA) is 75.6 Å². The van der Waals surface area contributed by atoms with E-state index in [2.05, 4.69) is 5.32 Å². The number of aliphatic carboxylic acids is 1. The zero-order valence-electron chi connectivity index (χ0n) is 13.5. The SMILES string of the molecule is O=C(O)[C@@H]1CC[C@H](NC(=O)C2(c3cccc(Cl)c3)CCOCC2)C1. The normalized spacial score (nSPS) is 26.0. The van der Waals surface area contributed by atoms with E-state index >= 15 is 0 Å². The number of amides is 1. The third-order valence-corrected chi connectivity index (χ3v) is 5.51. The van der Waals surface area contributed by atoms with Crippen LogP contribution in [0.4, 0.5) is 0 Å². The Bertz CT molecular complexity index is 627. The van der Waals surface area contributed by atoms with Crippen LogP contribution in [0.15, 0.2) is 24.3 Å². The molecule has 5 nitrogen and oxygen atoms in total. The van der Waals surface area contributed by atoms with Crippen LogP contribution in [0.1, 0.15) is 37.7 Å². The quantitative estimate of drug-likeness (QED) is 0.874. The number of carboxylic acid groups (broad SMARTS) is 1. The molecule has 0 radical (unpaired) electrons. The Morgan fingerprint density at radius 2 is 2.00 bits per heavy atom. The summed E-state index contributed by atoms with van der Waals surface area (Å²) in [4.78, 5) is 24.2. The zero-order chi connectivity index (χ0) is 17.2. The third kappa shape index (κ3) is 3.42. The number of benzene rings is 1. The summed E-state index contributed by atoms with van der Waals surface area (Å²) in [5, 5.41) is 12.8. The van der Waals surface area contributed by atoms with Crippen LogP contribution in [0.3, 0.4) is 0 Å². The second-order valence-corrected chi connectivity index (χ2v) is 7.16. The summed E-state index contributed by atoms with van der Waals surface area (Å²) in [5.74, 6) is -1.17. The van der Waals surface area contributed by atoms with Crippen molar-refractivity contribution in [2.24, 2.45) is 5.92 Å². The second-order valence-electron chi connectivity index (χ2n) is 6.72.